The van der Waals surface area contributed by atoms with Gasteiger partial charge in [-0.2, -0.15) is 0 Å². The van der Waals surface area contributed by atoms with Crippen molar-refractivity contribution >= 4 is 11.6 Å². The van der Waals surface area contributed by atoms with Gasteiger partial charge >= 0.3 is 0 Å². The van der Waals surface area contributed by atoms with Gasteiger partial charge in [-0.15, -0.1) is 0 Å². The molecular weight excluding hydrogens is 308 g/mol. The van der Waals surface area contributed by atoms with Crippen LogP contribution in [0.25, 0.3) is 0 Å². The molecule has 1 aliphatic rings. The maximum absolute atomic E-state index is 13.0. The average Bonchev–Trinajstić information content (AvgIpc) is 2.65. The number of rotatable bonds is 2. The van der Waals surface area contributed by atoms with Crippen molar-refractivity contribution in [3.05, 3.63) is 70.3 Å². The Kier molecular flexibility index (Phi) is 5.17. The smallest absolute Gasteiger partial charge is 0.166 e. The zero-order chi connectivity index (χ0) is 18.0. The van der Waals surface area contributed by atoms with E-state index in [1.165, 1.54) is 5.56 Å². The van der Waals surface area contributed by atoms with Crippen LogP contribution in [0.4, 0.5) is 0 Å². The molecule has 130 valence electrons. The van der Waals surface area contributed by atoms with E-state index in [4.69, 9.17) is 0 Å². The molecule has 2 nitrogen and oxygen atoms in total. The van der Waals surface area contributed by atoms with E-state index >= 15 is 0 Å². The van der Waals surface area contributed by atoms with Crippen LogP contribution in [0.15, 0.2) is 42.5 Å². The number of carbonyl (C=O) groups is 2. The molecular formula is C23H26O2. The first-order valence-electron chi connectivity index (χ1n) is 9.20. The minimum atomic E-state index is -0.0807. The molecule has 0 aromatic heterocycles. The molecule has 2 aromatic rings. The first-order chi connectivity index (χ1) is 12.0. The van der Waals surface area contributed by atoms with Gasteiger partial charge in [0.2, 0.25) is 0 Å². The maximum Gasteiger partial charge on any atom is 0.166 e. The van der Waals surface area contributed by atoms with Gasteiger partial charge in [0.1, 0.15) is 0 Å². The monoisotopic (exact) mass is 334 g/mol. The van der Waals surface area contributed by atoms with E-state index < -0.39 is 0 Å². The second kappa shape index (κ2) is 7.35. The van der Waals surface area contributed by atoms with Crippen LogP contribution in [-0.4, -0.2) is 11.6 Å². The van der Waals surface area contributed by atoms with Crippen LogP contribution in [0.5, 0.6) is 0 Å². The Morgan fingerprint density at radius 3 is 2.44 bits per heavy atom. The fourth-order valence-corrected chi connectivity index (χ4v) is 3.89. The molecule has 25 heavy (non-hydrogen) atoms. The summed E-state index contributed by atoms with van der Waals surface area (Å²) >= 11 is 0. The highest BCUT2D eigenvalue weighted by atomic mass is 16.1. The first-order valence-corrected chi connectivity index (χ1v) is 9.20. The summed E-state index contributed by atoms with van der Waals surface area (Å²) in [5.74, 6) is 0.341. The highest BCUT2D eigenvalue weighted by molar-refractivity contribution is 6.00. The summed E-state index contributed by atoms with van der Waals surface area (Å²) in [5, 5.41) is 0. The fraction of sp³-hybridized carbons (Fsp3) is 0.391. The molecule has 0 heterocycles. The fourth-order valence-electron chi connectivity index (χ4n) is 3.89. The average molecular weight is 334 g/mol. The molecule has 0 bridgehead atoms. The quantitative estimate of drug-likeness (QED) is 0.694. The Labute approximate surface area is 150 Å². The topological polar surface area (TPSA) is 34.1 Å². The minimum absolute atomic E-state index is 0.0627. The van der Waals surface area contributed by atoms with Crippen molar-refractivity contribution in [1.29, 1.82) is 0 Å². The van der Waals surface area contributed by atoms with Crippen LogP contribution in [0, 0.1) is 25.7 Å². The highest BCUT2D eigenvalue weighted by Crippen LogP contribution is 2.31. The second-order valence-electron chi connectivity index (χ2n) is 7.43. The lowest BCUT2D eigenvalue weighted by Gasteiger charge is -2.21. The summed E-state index contributed by atoms with van der Waals surface area (Å²) in [6.07, 6.45) is 3.09. The normalized spacial score (nSPS) is 21.0. The Morgan fingerprint density at radius 1 is 1.04 bits per heavy atom. The summed E-state index contributed by atoms with van der Waals surface area (Å²) in [4.78, 5) is 25.8. The van der Waals surface area contributed by atoms with Crippen LogP contribution in [0.1, 0.15) is 63.6 Å². The molecule has 2 heteroatoms. The third-order valence-corrected chi connectivity index (χ3v) is 5.57. The summed E-state index contributed by atoms with van der Waals surface area (Å²) in [6.45, 7) is 6.20. The van der Waals surface area contributed by atoms with E-state index in [-0.39, 0.29) is 23.4 Å². The molecule has 0 saturated heterocycles. The third kappa shape index (κ3) is 3.73. The van der Waals surface area contributed by atoms with Gasteiger partial charge in [0.25, 0.3) is 0 Å². The van der Waals surface area contributed by atoms with Gasteiger partial charge < -0.3 is 0 Å². The van der Waals surface area contributed by atoms with Crippen molar-refractivity contribution in [2.24, 2.45) is 11.8 Å². The van der Waals surface area contributed by atoms with Gasteiger partial charge in [0.15, 0.2) is 11.6 Å². The lowest BCUT2D eigenvalue weighted by molar-refractivity contribution is 0.0839. The van der Waals surface area contributed by atoms with Crippen molar-refractivity contribution in [2.75, 3.05) is 0 Å². The van der Waals surface area contributed by atoms with Gasteiger partial charge in [-0.1, -0.05) is 43.3 Å². The lowest BCUT2D eigenvalue weighted by Crippen LogP contribution is -2.24. The first kappa shape index (κ1) is 17.6. The Bertz CT molecular complexity index is 789. The molecule has 0 aliphatic heterocycles. The maximum atomic E-state index is 13.0. The van der Waals surface area contributed by atoms with Crippen molar-refractivity contribution in [3.8, 4) is 0 Å². The summed E-state index contributed by atoms with van der Waals surface area (Å²) in [6, 6.07) is 13.7. The Morgan fingerprint density at radius 2 is 1.72 bits per heavy atom. The van der Waals surface area contributed by atoms with E-state index in [0.717, 1.165) is 41.5 Å². The molecule has 0 amide bonds. The molecule has 3 rings (SSSR count). The summed E-state index contributed by atoms with van der Waals surface area (Å²) in [7, 11) is 0. The standard InChI is InChI=1S/C23H26O2/c1-15-12-19-10-7-11-20(23(25)18-8-5-4-6-9-18)17(3)14-22(24)21(19)13-16(15)2/h4-6,8-9,12-13,17,20H,7,10-11,14H2,1-3H3/t17-,20+/m1/s1. The van der Waals surface area contributed by atoms with Crippen molar-refractivity contribution in [3.63, 3.8) is 0 Å². The minimum Gasteiger partial charge on any atom is -0.294 e. The lowest BCUT2D eigenvalue weighted by atomic mass is 9.81. The van der Waals surface area contributed by atoms with Crippen molar-refractivity contribution < 1.29 is 9.59 Å². The van der Waals surface area contributed by atoms with E-state index in [1.807, 2.05) is 36.4 Å². The third-order valence-electron chi connectivity index (χ3n) is 5.57. The zero-order valence-electron chi connectivity index (χ0n) is 15.3. The molecule has 0 spiro atoms. The van der Waals surface area contributed by atoms with Gasteiger partial charge in [-0.3, -0.25) is 9.59 Å². The molecule has 0 saturated carbocycles. The van der Waals surface area contributed by atoms with Crippen molar-refractivity contribution in [1.82, 2.24) is 0 Å². The predicted octanol–water partition coefficient (Wildman–Crippen LogP) is 5.35. The number of carbonyl (C=O) groups excluding carboxylic acids is 2. The second-order valence-corrected chi connectivity index (χ2v) is 7.43. The summed E-state index contributed by atoms with van der Waals surface area (Å²) in [5.41, 5.74) is 5.16. The molecule has 2 aromatic carbocycles. The number of hydrogen-bond donors (Lipinski definition) is 0. The van der Waals surface area contributed by atoms with E-state index in [1.54, 1.807) is 0 Å². The predicted molar refractivity (Wildman–Crippen MR) is 101 cm³/mol. The molecule has 0 unspecified atom stereocenters. The van der Waals surface area contributed by atoms with Gasteiger partial charge in [-0.25, -0.2) is 0 Å². The number of hydrogen-bond acceptors (Lipinski definition) is 2. The SMILES string of the molecule is Cc1cc2c(cc1C)C(=O)C[C@@H](C)[C@@H](C(=O)c1ccccc1)CCC2. The molecule has 2 atom stereocenters. The number of fused-ring (bicyclic) bond motifs is 1. The van der Waals surface area contributed by atoms with Gasteiger partial charge in [-0.05, 0) is 61.8 Å². The van der Waals surface area contributed by atoms with Crippen LogP contribution in [0.3, 0.4) is 0 Å². The van der Waals surface area contributed by atoms with Crippen LogP contribution < -0.4 is 0 Å². The number of aryl methyl sites for hydroxylation is 3. The number of Topliss-reactive ketones (excluding diaryl/α,β-unsaturated/α-hetero) is 2. The molecule has 1 aliphatic carbocycles. The largest absolute Gasteiger partial charge is 0.294 e. The Balaban J connectivity index is 1.89. The van der Waals surface area contributed by atoms with E-state index in [9.17, 15) is 9.59 Å². The van der Waals surface area contributed by atoms with E-state index in [0.29, 0.717) is 6.42 Å². The van der Waals surface area contributed by atoms with Gasteiger partial charge in [0.05, 0.1) is 0 Å². The number of benzene rings is 2. The van der Waals surface area contributed by atoms with E-state index in [2.05, 4.69) is 26.8 Å². The molecule has 0 N–H and O–H groups in total. The molecule has 0 fully saturated rings. The van der Waals surface area contributed by atoms with Gasteiger partial charge in [0, 0.05) is 23.5 Å². The summed E-state index contributed by atoms with van der Waals surface area (Å²) < 4.78 is 0. The number of ketones is 2. The van der Waals surface area contributed by atoms with Crippen LogP contribution >= 0.6 is 0 Å². The van der Waals surface area contributed by atoms with Crippen LogP contribution in [-0.2, 0) is 6.42 Å². The molecule has 0 radical (unpaired) electrons. The Hall–Kier alpha value is -2.22. The zero-order valence-corrected chi connectivity index (χ0v) is 15.3. The van der Waals surface area contributed by atoms with Crippen LogP contribution in [0.2, 0.25) is 0 Å². The van der Waals surface area contributed by atoms with Crippen molar-refractivity contribution in [2.45, 2.75) is 46.5 Å². The highest BCUT2D eigenvalue weighted by Gasteiger charge is 2.29.